The third kappa shape index (κ3) is 2.92. The molecule has 3 heteroatoms. The molecule has 3 nitrogen and oxygen atoms in total. The Kier molecular flexibility index (Phi) is 4.00. The van der Waals surface area contributed by atoms with Gasteiger partial charge in [-0.2, -0.15) is 0 Å². The Morgan fingerprint density at radius 3 is 2.40 bits per heavy atom. The Bertz CT molecular complexity index is 183. The molecule has 1 N–H and O–H groups in total. The second kappa shape index (κ2) is 5.28. The molecule has 2 aliphatic heterocycles. The van der Waals surface area contributed by atoms with Gasteiger partial charge in [-0.3, -0.25) is 0 Å². The van der Waals surface area contributed by atoms with E-state index in [1.54, 1.807) is 0 Å². The first-order chi connectivity index (χ1) is 7.29. The maximum absolute atomic E-state index is 3.35. The van der Waals surface area contributed by atoms with Crippen LogP contribution in [-0.2, 0) is 0 Å². The standard InChI is InChI=1S/C12H25N3/c1-3-15-6-4-12(5-7-15)14(2)10-11-8-13-9-11/h11-13H,3-10H2,1-2H3. The predicted octanol–water partition coefficient (Wildman–Crippen LogP) is 0.622. The van der Waals surface area contributed by atoms with E-state index in [2.05, 4.69) is 29.1 Å². The van der Waals surface area contributed by atoms with Crippen LogP contribution in [0.3, 0.4) is 0 Å². The summed E-state index contributed by atoms with van der Waals surface area (Å²) in [5.74, 6) is 0.916. The third-order valence-electron chi connectivity index (χ3n) is 4.04. The van der Waals surface area contributed by atoms with Gasteiger partial charge in [-0.25, -0.2) is 0 Å². The molecule has 0 unspecified atom stereocenters. The topological polar surface area (TPSA) is 18.5 Å². The van der Waals surface area contributed by atoms with E-state index in [-0.39, 0.29) is 0 Å². The first-order valence-corrected chi connectivity index (χ1v) is 6.43. The smallest absolute Gasteiger partial charge is 0.0117 e. The van der Waals surface area contributed by atoms with Crippen LogP contribution >= 0.6 is 0 Å². The molecule has 0 atom stereocenters. The maximum atomic E-state index is 3.35. The van der Waals surface area contributed by atoms with Gasteiger partial charge >= 0.3 is 0 Å². The zero-order valence-electron chi connectivity index (χ0n) is 10.2. The average Bonchev–Trinajstić information content (AvgIpc) is 2.23. The van der Waals surface area contributed by atoms with Gasteiger partial charge in [-0.1, -0.05) is 6.92 Å². The van der Waals surface area contributed by atoms with E-state index >= 15 is 0 Å². The monoisotopic (exact) mass is 211 g/mol. The van der Waals surface area contributed by atoms with Crippen molar-refractivity contribution in [2.75, 3.05) is 46.3 Å². The van der Waals surface area contributed by atoms with Gasteiger partial charge in [-0.05, 0) is 45.4 Å². The number of likely N-dealkylation sites (tertiary alicyclic amines) is 1. The second-order valence-corrected chi connectivity index (χ2v) is 5.13. The fourth-order valence-corrected chi connectivity index (χ4v) is 2.71. The van der Waals surface area contributed by atoms with Crippen molar-refractivity contribution in [1.82, 2.24) is 15.1 Å². The van der Waals surface area contributed by atoms with Gasteiger partial charge in [0.15, 0.2) is 0 Å². The lowest BCUT2D eigenvalue weighted by Crippen LogP contribution is -2.51. The summed E-state index contributed by atoms with van der Waals surface area (Å²) in [5, 5.41) is 3.35. The Balaban J connectivity index is 1.69. The van der Waals surface area contributed by atoms with E-state index < -0.39 is 0 Å². The first kappa shape index (κ1) is 11.4. The molecule has 0 aromatic carbocycles. The van der Waals surface area contributed by atoms with Crippen molar-refractivity contribution in [3.05, 3.63) is 0 Å². The number of hydrogen-bond donors (Lipinski definition) is 1. The molecule has 0 aromatic rings. The van der Waals surface area contributed by atoms with Crippen LogP contribution in [0.15, 0.2) is 0 Å². The zero-order valence-corrected chi connectivity index (χ0v) is 10.2. The van der Waals surface area contributed by atoms with Crippen molar-refractivity contribution in [2.24, 2.45) is 5.92 Å². The number of hydrogen-bond acceptors (Lipinski definition) is 3. The molecular weight excluding hydrogens is 186 g/mol. The molecule has 0 amide bonds. The van der Waals surface area contributed by atoms with E-state index in [4.69, 9.17) is 0 Å². The van der Waals surface area contributed by atoms with E-state index in [1.807, 2.05) is 0 Å². The number of rotatable bonds is 4. The molecule has 2 fully saturated rings. The van der Waals surface area contributed by atoms with Crippen LogP contribution in [0.2, 0.25) is 0 Å². The minimum absolute atomic E-state index is 0.841. The van der Waals surface area contributed by atoms with Gasteiger partial charge < -0.3 is 15.1 Å². The van der Waals surface area contributed by atoms with Gasteiger partial charge in [0, 0.05) is 25.7 Å². The minimum atomic E-state index is 0.841. The highest BCUT2D eigenvalue weighted by molar-refractivity contribution is 4.82. The zero-order chi connectivity index (χ0) is 10.7. The third-order valence-corrected chi connectivity index (χ3v) is 4.04. The van der Waals surface area contributed by atoms with Gasteiger partial charge in [-0.15, -0.1) is 0 Å². The predicted molar refractivity (Wildman–Crippen MR) is 64.1 cm³/mol. The summed E-state index contributed by atoms with van der Waals surface area (Å²) in [4.78, 5) is 5.16. The van der Waals surface area contributed by atoms with Crippen LogP contribution in [0.5, 0.6) is 0 Å². The van der Waals surface area contributed by atoms with E-state index in [1.165, 1.54) is 52.1 Å². The van der Waals surface area contributed by atoms with Crippen molar-refractivity contribution < 1.29 is 0 Å². The Morgan fingerprint density at radius 1 is 1.27 bits per heavy atom. The van der Waals surface area contributed by atoms with Crippen LogP contribution in [0.1, 0.15) is 19.8 Å². The van der Waals surface area contributed by atoms with Gasteiger partial charge in [0.1, 0.15) is 0 Å². The highest BCUT2D eigenvalue weighted by Crippen LogP contribution is 2.17. The molecule has 0 aliphatic carbocycles. The van der Waals surface area contributed by atoms with Crippen LogP contribution in [0.4, 0.5) is 0 Å². The molecule has 0 saturated carbocycles. The Hall–Kier alpha value is -0.120. The molecular formula is C12H25N3. The highest BCUT2D eigenvalue weighted by Gasteiger charge is 2.25. The number of nitrogens with one attached hydrogen (secondary N) is 1. The minimum Gasteiger partial charge on any atom is -0.316 e. The fourth-order valence-electron chi connectivity index (χ4n) is 2.71. The lowest BCUT2D eigenvalue weighted by molar-refractivity contribution is 0.108. The summed E-state index contributed by atoms with van der Waals surface area (Å²) < 4.78 is 0. The van der Waals surface area contributed by atoms with Crippen molar-refractivity contribution in [1.29, 1.82) is 0 Å². The Morgan fingerprint density at radius 2 is 1.93 bits per heavy atom. The molecule has 15 heavy (non-hydrogen) atoms. The average molecular weight is 211 g/mol. The molecule has 2 heterocycles. The quantitative estimate of drug-likeness (QED) is 0.735. The first-order valence-electron chi connectivity index (χ1n) is 6.43. The van der Waals surface area contributed by atoms with Gasteiger partial charge in [0.25, 0.3) is 0 Å². The lowest BCUT2D eigenvalue weighted by Gasteiger charge is -2.39. The SMILES string of the molecule is CCN1CCC(N(C)CC2CNC2)CC1. The molecule has 0 radical (unpaired) electrons. The van der Waals surface area contributed by atoms with Crippen LogP contribution in [0.25, 0.3) is 0 Å². The van der Waals surface area contributed by atoms with Gasteiger partial charge in [0.2, 0.25) is 0 Å². The van der Waals surface area contributed by atoms with Gasteiger partial charge in [0.05, 0.1) is 0 Å². The molecule has 2 saturated heterocycles. The normalized spacial score (nSPS) is 25.8. The molecule has 2 aliphatic rings. The van der Waals surface area contributed by atoms with Crippen LogP contribution < -0.4 is 5.32 Å². The summed E-state index contributed by atoms with van der Waals surface area (Å²) in [7, 11) is 2.31. The lowest BCUT2D eigenvalue weighted by atomic mass is 9.99. The fraction of sp³-hybridized carbons (Fsp3) is 1.00. The van der Waals surface area contributed by atoms with Crippen molar-refractivity contribution in [3.63, 3.8) is 0 Å². The summed E-state index contributed by atoms with van der Waals surface area (Å²) in [6, 6.07) is 0.841. The molecule has 0 spiro atoms. The Labute approximate surface area is 93.8 Å². The summed E-state index contributed by atoms with van der Waals surface area (Å²) in [6.07, 6.45) is 2.73. The molecule has 0 bridgehead atoms. The van der Waals surface area contributed by atoms with Crippen LogP contribution in [0, 0.1) is 5.92 Å². The maximum Gasteiger partial charge on any atom is 0.0117 e. The summed E-state index contributed by atoms with van der Waals surface area (Å²) in [6.45, 7) is 9.86. The molecule has 2 rings (SSSR count). The van der Waals surface area contributed by atoms with Crippen molar-refractivity contribution in [3.8, 4) is 0 Å². The largest absolute Gasteiger partial charge is 0.316 e. The van der Waals surface area contributed by atoms with Crippen LogP contribution in [-0.4, -0.2) is 62.2 Å². The number of piperidine rings is 1. The second-order valence-electron chi connectivity index (χ2n) is 5.13. The highest BCUT2D eigenvalue weighted by atomic mass is 15.2. The van der Waals surface area contributed by atoms with E-state index in [0.717, 1.165) is 12.0 Å². The molecule has 88 valence electrons. The number of nitrogens with zero attached hydrogens (tertiary/aromatic N) is 2. The van der Waals surface area contributed by atoms with Crippen molar-refractivity contribution in [2.45, 2.75) is 25.8 Å². The summed E-state index contributed by atoms with van der Waals surface area (Å²) in [5.41, 5.74) is 0. The molecule has 0 aromatic heterocycles. The summed E-state index contributed by atoms with van der Waals surface area (Å²) >= 11 is 0. The van der Waals surface area contributed by atoms with E-state index in [0.29, 0.717) is 0 Å². The van der Waals surface area contributed by atoms with Crippen molar-refractivity contribution >= 4 is 0 Å². The van der Waals surface area contributed by atoms with E-state index in [9.17, 15) is 0 Å².